The summed E-state index contributed by atoms with van der Waals surface area (Å²) in [6.45, 7) is 2.00. The highest BCUT2D eigenvalue weighted by atomic mass is 35.5. The molecule has 0 aliphatic rings. The van der Waals surface area contributed by atoms with E-state index in [9.17, 15) is 4.79 Å². The van der Waals surface area contributed by atoms with E-state index in [4.69, 9.17) is 27.7 Å². The molecular weight excluding hydrogens is 273 g/mol. The molecule has 2 aromatic rings. The third-order valence-electron chi connectivity index (χ3n) is 2.60. The molecule has 5 heteroatoms. The number of carbonyl (C=O) groups is 1. The zero-order chi connectivity index (χ0) is 13.1. The van der Waals surface area contributed by atoms with Crippen molar-refractivity contribution in [1.29, 1.82) is 0 Å². The number of aldehydes is 1. The highest BCUT2D eigenvalue weighted by Crippen LogP contribution is 2.36. The minimum Gasteiger partial charge on any atom is -0.360 e. The average Bonchev–Trinajstić information content (AvgIpc) is 2.72. The summed E-state index contributed by atoms with van der Waals surface area (Å²) in [6.07, 6.45) is 2.26. The molecule has 0 amide bonds. The van der Waals surface area contributed by atoms with E-state index in [0.29, 0.717) is 39.0 Å². The van der Waals surface area contributed by atoms with E-state index in [1.165, 1.54) is 0 Å². The number of nitrogens with zero attached hydrogens (tertiary/aromatic N) is 1. The maximum Gasteiger partial charge on any atom is 0.155 e. The van der Waals surface area contributed by atoms with Crippen LogP contribution in [-0.4, -0.2) is 11.4 Å². The highest BCUT2D eigenvalue weighted by molar-refractivity contribution is 6.39. The van der Waals surface area contributed by atoms with Crippen LogP contribution in [0.5, 0.6) is 0 Å². The maximum absolute atomic E-state index is 11.2. The normalized spacial score (nSPS) is 10.6. The van der Waals surface area contributed by atoms with Crippen LogP contribution in [-0.2, 0) is 6.42 Å². The van der Waals surface area contributed by atoms with Crippen molar-refractivity contribution in [3.8, 4) is 11.3 Å². The fraction of sp³-hybridized carbons (Fsp3) is 0.231. The Hall–Kier alpha value is -1.32. The second-order valence-electron chi connectivity index (χ2n) is 3.83. The van der Waals surface area contributed by atoms with Gasteiger partial charge >= 0.3 is 0 Å². The number of hydrogen-bond acceptors (Lipinski definition) is 3. The average molecular weight is 284 g/mol. The van der Waals surface area contributed by atoms with Gasteiger partial charge in [-0.1, -0.05) is 41.3 Å². The van der Waals surface area contributed by atoms with Crippen LogP contribution >= 0.6 is 23.2 Å². The SMILES string of the molecule is CCCc1onc(-c2c(Cl)cccc2Cl)c1C=O. The largest absolute Gasteiger partial charge is 0.360 e. The zero-order valence-electron chi connectivity index (χ0n) is 9.74. The molecule has 0 saturated heterocycles. The number of aryl methyl sites for hydroxylation is 1. The second kappa shape index (κ2) is 5.55. The molecule has 18 heavy (non-hydrogen) atoms. The Morgan fingerprint density at radius 3 is 2.56 bits per heavy atom. The van der Waals surface area contributed by atoms with Crippen LogP contribution in [0, 0.1) is 0 Å². The van der Waals surface area contributed by atoms with Gasteiger partial charge in [0.1, 0.15) is 11.5 Å². The minimum absolute atomic E-state index is 0.407. The van der Waals surface area contributed by atoms with Crippen LogP contribution in [0.4, 0.5) is 0 Å². The standard InChI is InChI=1S/C13H11Cl2NO2/c1-2-4-11-8(7-17)13(16-18-11)12-9(14)5-3-6-10(12)15/h3,5-7H,2,4H2,1H3. The highest BCUT2D eigenvalue weighted by Gasteiger charge is 2.20. The molecule has 0 unspecified atom stereocenters. The van der Waals surface area contributed by atoms with Gasteiger partial charge in [-0.2, -0.15) is 0 Å². The predicted molar refractivity (Wildman–Crippen MR) is 71.3 cm³/mol. The quantitative estimate of drug-likeness (QED) is 0.781. The molecule has 1 heterocycles. The van der Waals surface area contributed by atoms with E-state index in [-0.39, 0.29) is 0 Å². The number of halogens is 2. The second-order valence-corrected chi connectivity index (χ2v) is 4.65. The lowest BCUT2D eigenvalue weighted by molar-refractivity contribution is 0.112. The summed E-state index contributed by atoms with van der Waals surface area (Å²) in [7, 11) is 0. The molecule has 94 valence electrons. The van der Waals surface area contributed by atoms with Crippen LogP contribution in [0.1, 0.15) is 29.5 Å². The van der Waals surface area contributed by atoms with Crippen LogP contribution in [0.3, 0.4) is 0 Å². The van der Waals surface area contributed by atoms with Gasteiger partial charge in [0, 0.05) is 12.0 Å². The van der Waals surface area contributed by atoms with Crippen molar-refractivity contribution in [1.82, 2.24) is 5.16 Å². The van der Waals surface area contributed by atoms with Gasteiger partial charge in [-0.05, 0) is 18.6 Å². The molecule has 0 aliphatic heterocycles. The third-order valence-corrected chi connectivity index (χ3v) is 3.23. The molecule has 0 bridgehead atoms. The lowest BCUT2D eigenvalue weighted by Crippen LogP contribution is -1.91. The molecule has 0 radical (unpaired) electrons. The van der Waals surface area contributed by atoms with Crippen LogP contribution in [0.25, 0.3) is 11.3 Å². The monoisotopic (exact) mass is 283 g/mol. The van der Waals surface area contributed by atoms with Crippen molar-refractivity contribution in [2.45, 2.75) is 19.8 Å². The molecule has 0 fully saturated rings. The maximum atomic E-state index is 11.2. The summed E-state index contributed by atoms with van der Waals surface area (Å²) >= 11 is 12.2. The lowest BCUT2D eigenvalue weighted by atomic mass is 10.1. The summed E-state index contributed by atoms with van der Waals surface area (Å²) in [5, 5.41) is 4.81. The summed E-state index contributed by atoms with van der Waals surface area (Å²) in [5.41, 5.74) is 1.37. The van der Waals surface area contributed by atoms with Crippen molar-refractivity contribution < 1.29 is 9.32 Å². The Kier molecular flexibility index (Phi) is 4.04. The fourth-order valence-electron chi connectivity index (χ4n) is 1.76. The van der Waals surface area contributed by atoms with Crippen molar-refractivity contribution in [2.75, 3.05) is 0 Å². The lowest BCUT2D eigenvalue weighted by Gasteiger charge is -2.03. The zero-order valence-corrected chi connectivity index (χ0v) is 11.3. The molecule has 2 rings (SSSR count). The summed E-state index contributed by atoms with van der Waals surface area (Å²) in [6, 6.07) is 5.14. The topological polar surface area (TPSA) is 43.1 Å². The summed E-state index contributed by atoms with van der Waals surface area (Å²) < 4.78 is 5.19. The number of aromatic nitrogens is 1. The van der Waals surface area contributed by atoms with Gasteiger partial charge in [-0.15, -0.1) is 0 Å². The van der Waals surface area contributed by atoms with E-state index in [0.717, 1.165) is 12.7 Å². The molecule has 1 aromatic carbocycles. The van der Waals surface area contributed by atoms with Gasteiger partial charge < -0.3 is 4.52 Å². The first-order chi connectivity index (χ1) is 8.69. The van der Waals surface area contributed by atoms with Crippen LogP contribution in [0.15, 0.2) is 22.7 Å². The van der Waals surface area contributed by atoms with Gasteiger partial charge in [0.2, 0.25) is 0 Å². The van der Waals surface area contributed by atoms with Gasteiger partial charge in [0.05, 0.1) is 15.6 Å². The van der Waals surface area contributed by atoms with Gasteiger partial charge in [-0.3, -0.25) is 4.79 Å². The third kappa shape index (κ3) is 2.28. The predicted octanol–water partition coefficient (Wildman–Crippen LogP) is 4.41. The van der Waals surface area contributed by atoms with Gasteiger partial charge in [0.15, 0.2) is 6.29 Å². The van der Waals surface area contributed by atoms with Crippen molar-refractivity contribution >= 4 is 29.5 Å². The van der Waals surface area contributed by atoms with Gasteiger partial charge in [-0.25, -0.2) is 0 Å². The Bertz CT molecular complexity index is 558. The molecule has 3 nitrogen and oxygen atoms in total. The minimum atomic E-state index is 0.407. The molecule has 0 saturated carbocycles. The molecule has 0 N–H and O–H groups in total. The molecule has 0 spiro atoms. The van der Waals surface area contributed by atoms with E-state index >= 15 is 0 Å². The van der Waals surface area contributed by atoms with Crippen LogP contribution in [0.2, 0.25) is 10.0 Å². The number of benzene rings is 1. The van der Waals surface area contributed by atoms with E-state index < -0.39 is 0 Å². The van der Waals surface area contributed by atoms with Crippen molar-refractivity contribution in [3.05, 3.63) is 39.6 Å². The van der Waals surface area contributed by atoms with Crippen molar-refractivity contribution in [3.63, 3.8) is 0 Å². The molecule has 1 aromatic heterocycles. The Labute approximate surface area is 115 Å². The molecule has 0 atom stereocenters. The Morgan fingerprint density at radius 1 is 1.33 bits per heavy atom. The van der Waals surface area contributed by atoms with E-state index in [1.807, 2.05) is 6.92 Å². The van der Waals surface area contributed by atoms with Crippen LogP contribution < -0.4 is 0 Å². The van der Waals surface area contributed by atoms with E-state index in [2.05, 4.69) is 5.16 Å². The Morgan fingerprint density at radius 2 is 2.00 bits per heavy atom. The van der Waals surface area contributed by atoms with Crippen molar-refractivity contribution in [2.24, 2.45) is 0 Å². The smallest absolute Gasteiger partial charge is 0.155 e. The number of rotatable bonds is 4. The summed E-state index contributed by atoms with van der Waals surface area (Å²) in [5.74, 6) is 0.568. The fourth-order valence-corrected chi connectivity index (χ4v) is 2.34. The molecular formula is C13H11Cl2NO2. The first-order valence-corrected chi connectivity index (χ1v) is 6.32. The Balaban J connectivity index is 2.61. The molecule has 0 aliphatic carbocycles. The first kappa shape index (κ1) is 13.1. The summed E-state index contributed by atoms with van der Waals surface area (Å²) in [4.78, 5) is 11.2. The number of carbonyl (C=O) groups excluding carboxylic acids is 1. The first-order valence-electron chi connectivity index (χ1n) is 5.57. The van der Waals surface area contributed by atoms with E-state index in [1.54, 1.807) is 18.2 Å². The van der Waals surface area contributed by atoms with Gasteiger partial charge in [0.25, 0.3) is 0 Å². The number of hydrogen-bond donors (Lipinski definition) is 0.